The minimum absolute atomic E-state index is 0.188. The van der Waals surface area contributed by atoms with Crippen LogP contribution < -0.4 is 0 Å². The minimum atomic E-state index is -0.469. The molecule has 0 N–H and O–H groups in total. The predicted octanol–water partition coefficient (Wildman–Crippen LogP) is 1.44. The van der Waals surface area contributed by atoms with Gasteiger partial charge in [-0.1, -0.05) is 18.2 Å². The van der Waals surface area contributed by atoms with Crippen LogP contribution in [0.4, 0.5) is 0 Å². The summed E-state index contributed by atoms with van der Waals surface area (Å²) in [5.41, 5.74) is 0.829. The fraction of sp³-hybridized carbons (Fsp3) is 0.182. The smallest absolute Gasteiger partial charge is 0.376 e. The van der Waals surface area contributed by atoms with Crippen LogP contribution in [0.3, 0.4) is 0 Å². The molecule has 1 aromatic carbocycles. The van der Waals surface area contributed by atoms with E-state index in [0.717, 1.165) is 5.69 Å². The van der Waals surface area contributed by atoms with Gasteiger partial charge in [-0.3, -0.25) is 4.57 Å². The normalized spacial score (nSPS) is 10.1. The van der Waals surface area contributed by atoms with Crippen molar-refractivity contribution in [3.05, 3.63) is 42.5 Å². The van der Waals surface area contributed by atoms with Crippen molar-refractivity contribution in [1.82, 2.24) is 14.8 Å². The number of carbonyl (C=O) groups is 1. The van der Waals surface area contributed by atoms with Crippen LogP contribution in [0.5, 0.6) is 0 Å². The Kier molecular flexibility index (Phi) is 2.95. The third-order valence-corrected chi connectivity index (χ3v) is 2.04. The van der Waals surface area contributed by atoms with E-state index in [0.29, 0.717) is 6.61 Å². The summed E-state index contributed by atoms with van der Waals surface area (Å²) < 4.78 is 6.48. The van der Waals surface area contributed by atoms with Gasteiger partial charge in [-0.25, -0.2) is 4.79 Å². The Morgan fingerprint density at radius 3 is 2.81 bits per heavy atom. The summed E-state index contributed by atoms with van der Waals surface area (Å²) in [6.45, 7) is 2.07. The first kappa shape index (κ1) is 10.4. The van der Waals surface area contributed by atoms with Crippen LogP contribution in [0.15, 0.2) is 36.7 Å². The van der Waals surface area contributed by atoms with E-state index >= 15 is 0 Å². The van der Waals surface area contributed by atoms with E-state index in [1.165, 1.54) is 6.33 Å². The van der Waals surface area contributed by atoms with Crippen LogP contribution in [0.1, 0.15) is 17.5 Å². The van der Waals surface area contributed by atoms with Crippen molar-refractivity contribution in [1.29, 1.82) is 0 Å². The van der Waals surface area contributed by atoms with E-state index in [2.05, 4.69) is 10.2 Å². The fourth-order valence-corrected chi connectivity index (χ4v) is 1.35. The van der Waals surface area contributed by atoms with Crippen molar-refractivity contribution in [2.24, 2.45) is 0 Å². The molecule has 2 aromatic rings. The van der Waals surface area contributed by atoms with Gasteiger partial charge in [-0.2, -0.15) is 0 Å². The first-order chi connectivity index (χ1) is 7.83. The number of esters is 1. The van der Waals surface area contributed by atoms with Gasteiger partial charge in [0, 0.05) is 5.69 Å². The monoisotopic (exact) mass is 217 g/mol. The number of hydrogen-bond acceptors (Lipinski definition) is 4. The van der Waals surface area contributed by atoms with Gasteiger partial charge in [-0.05, 0) is 19.1 Å². The molecule has 0 fully saturated rings. The molecule has 0 atom stereocenters. The second kappa shape index (κ2) is 4.57. The second-order valence-electron chi connectivity index (χ2n) is 3.08. The number of rotatable bonds is 3. The standard InChI is InChI=1S/C11H11N3O2/c1-2-16-11(15)10-13-12-8-14(10)9-6-4-3-5-7-9/h3-8H,2H2,1H3. The average molecular weight is 217 g/mol. The molecule has 1 aromatic heterocycles. The molecule has 2 rings (SSSR count). The molecule has 0 aliphatic rings. The maximum absolute atomic E-state index is 11.6. The highest BCUT2D eigenvalue weighted by Crippen LogP contribution is 2.09. The lowest BCUT2D eigenvalue weighted by molar-refractivity contribution is 0.0509. The second-order valence-corrected chi connectivity index (χ2v) is 3.08. The highest BCUT2D eigenvalue weighted by molar-refractivity contribution is 5.86. The molecule has 0 saturated heterocycles. The summed E-state index contributed by atoms with van der Waals surface area (Å²) in [7, 11) is 0. The first-order valence-electron chi connectivity index (χ1n) is 4.95. The number of ether oxygens (including phenoxy) is 1. The van der Waals surface area contributed by atoms with Gasteiger partial charge < -0.3 is 4.74 Å². The van der Waals surface area contributed by atoms with Crippen molar-refractivity contribution < 1.29 is 9.53 Å². The molecule has 5 nitrogen and oxygen atoms in total. The van der Waals surface area contributed by atoms with Crippen LogP contribution in [-0.4, -0.2) is 27.3 Å². The van der Waals surface area contributed by atoms with Crippen LogP contribution >= 0.6 is 0 Å². The van der Waals surface area contributed by atoms with Gasteiger partial charge in [0.2, 0.25) is 5.82 Å². The summed E-state index contributed by atoms with van der Waals surface area (Å²) in [6, 6.07) is 9.39. The third kappa shape index (κ3) is 1.93. The SMILES string of the molecule is CCOC(=O)c1nncn1-c1ccccc1. The Morgan fingerprint density at radius 2 is 2.12 bits per heavy atom. The molecule has 1 heterocycles. The van der Waals surface area contributed by atoms with Crippen molar-refractivity contribution in [2.45, 2.75) is 6.92 Å². The minimum Gasteiger partial charge on any atom is -0.460 e. The van der Waals surface area contributed by atoms with E-state index in [4.69, 9.17) is 4.74 Å². The Bertz CT molecular complexity index is 479. The number of carbonyl (C=O) groups excluding carboxylic acids is 1. The Morgan fingerprint density at radius 1 is 1.38 bits per heavy atom. The number of para-hydroxylation sites is 1. The lowest BCUT2D eigenvalue weighted by Gasteiger charge is -2.04. The maximum atomic E-state index is 11.6. The molecule has 16 heavy (non-hydrogen) atoms. The molecule has 5 heteroatoms. The lowest BCUT2D eigenvalue weighted by atomic mass is 10.3. The molecular formula is C11H11N3O2. The van der Waals surface area contributed by atoms with Crippen molar-refractivity contribution >= 4 is 5.97 Å². The zero-order valence-corrected chi connectivity index (χ0v) is 8.83. The Balaban J connectivity index is 2.37. The van der Waals surface area contributed by atoms with Crippen molar-refractivity contribution in [3.8, 4) is 5.69 Å². The van der Waals surface area contributed by atoms with Gasteiger partial charge in [0.25, 0.3) is 0 Å². The van der Waals surface area contributed by atoms with E-state index in [9.17, 15) is 4.79 Å². The van der Waals surface area contributed by atoms with Crippen molar-refractivity contribution in [3.63, 3.8) is 0 Å². The van der Waals surface area contributed by atoms with Gasteiger partial charge >= 0.3 is 5.97 Å². The van der Waals surface area contributed by atoms with E-state index in [-0.39, 0.29) is 5.82 Å². The van der Waals surface area contributed by atoms with Gasteiger partial charge in [0.05, 0.1) is 6.61 Å². The maximum Gasteiger partial charge on any atom is 0.376 e. The largest absolute Gasteiger partial charge is 0.460 e. The highest BCUT2D eigenvalue weighted by Gasteiger charge is 2.15. The molecular weight excluding hydrogens is 206 g/mol. The van der Waals surface area contributed by atoms with Crippen LogP contribution in [-0.2, 0) is 4.74 Å². The van der Waals surface area contributed by atoms with E-state index in [1.54, 1.807) is 11.5 Å². The molecule has 82 valence electrons. The van der Waals surface area contributed by atoms with E-state index < -0.39 is 5.97 Å². The average Bonchev–Trinajstić information content (AvgIpc) is 2.79. The number of benzene rings is 1. The molecule has 0 aliphatic heterocycles. The summed E-state index contributed by atoms with van der Waals surface area (Å²) in [4.78, 5) is 11.6. The zero-order chi connectivity index (χ0) is 11.4. The van der Waals surface area contributed by atoms with E-state index in [1.807, 2.05) is 30.3 Å². The molecule has 0 amide bonds. The number of aromatic nitrogens is 3. The molecule has 0 bridgehead atoms. The summed E-state index contributed by atoms with van der Waals surface area (Å²) in [6.07, 6.45) is 1.49. The Labute approximate surface area is 92.7 Å². The molecule has 0 saturated carbocycles. The Hall–Kier alpha value is -2.17. The van der Waals surface area contributed by atoms with Crippen LogP contribution in [0.2, 0.25) is 0 Å². The van der Waals surface area contributed by atoms with Gasteiger partial charge in [0.15, 0.2) is 0 Å². The van der Waals surface area contributed by atoms with Crippen molar-refractivity contribution in [2.75, 3.05) is 6.61 Å². The molecule has 0 unspecified atom stereocenters. The number of hydrogen-bond donors (Lipinski definition) is 0. The third-order valence-electron chi connectivity index (χ3n) is 2.04. The van der Waals surface area contributed by atoms with Crippen LogP contribution in [0.25, 0.3) is 5.69 Å². The molecule has 0 radical (unpaired) electrons. The highest BCUT2D eigenvalue weighted by atomic mass is 16.5. The fourth-order valence-electron chi connectivity index (χ4n) is 1.35. The van der Waals surface area contributed by atoms with Gasteiger partial charge in [0.1, 0.15) is 6.33 Å². The lowest BCUT2D eigenvalue weighted by Crippen LogP contribution is -2.12. The first-order valence-corrected chi connectivity index (χ1v) is 4.95. The van der Waals surface area contributed by atoms with Gasteiger partial charge in [-0.15, -0.1) is 10.2 Å². The summed E-state index contributed by atoms with van der Waals surface area (Å²) >= 11 is 0. The summed E-state index contributed by atoms with van der Waals surface area (Å²) in [5.74, 6) is -0.281. The topological polar surface area (TPSA) is 57.0 Å². The zero-order valence-electron chi connectivity index (χ0n) is 8.83. The predicted molar refractivity (Wildman–Crippen MR) is 57.3 cm³/mol. The van der Waals surface area contributed by atoms with Crippen LogP contribution in [0, 0.1) is 0 Å². The summed E-state index contributed by atoms with van der Waals surface area (Å²) in [5, 5.41) is 7.46. The molecule has 0 spiro atoms. The number of nitrogens with zero attached hydrogens (tertiary/aromatic N) is 3. The molecule has 0 aliphatic carbocycles. The quantitative estimate of drug-likeness (QED) is 0.730.